The van der Waals surface area contributed by atoms with E-state index in [1.165, 1.54) is 12.8 Å². The highest BCUT2D eigenvalue weighted by molar-refractivity contribution is 7.11. The van der Waals surface area contributed by atoms with Gasteiger partial charge in [0.05, 0.1) is 5.56 Å². The maximum atomic E-state index is 14.0. The molecule has 1 aromatic carbocycles. The number of hydrogen-bond acceptors (Lipinski definition) is 6. The molecule has 0 radical (unpaired) electrons. The maximum Gasteiger partial charge on any atom is 0.344 e. The first kappa shape index (κ1) is 25.7. The van der Waals surface area contributed by atoms with Crippen LogP contribution in [0.5, 0.6) is 5.88 Å². The van der Waals surface area contributed by atoms with Gasteiger partial charge in [0.15, 0.2) is 28.8 Å². The standard InChI is InChI=1S/C21H24F4N4O4S/c1-11-14(22)16(24)12(17(25)15(11)23)10-33-18-13(20(30)31)19(34-28-18)27-21(32)26-6-2-3-7-29-8-4-5-9-29/h2-10H2,1H3,(H,30,31)(H2,26,27,32). The highest BCUT2D eigenvalue weighted by Gasteiger charge is 2.27. The molecule has 0 unspecified atom stereocenters. The van der Waals surface area contributed by atoms with Crippen LogP contribution in [0.25, 0.3) is 0 Å². The Hall–Kier alpha value is -2.93. The molecule has 0 aliphatic carbocycles. The zero-order valence-corrected chi connectivity index (χ0v) is 19.2. The van der Waals surface area contributed by atoms with Crippen molar-refractivity contribution in [3.05, 3.63) is 40.0 Å². The first-order valence-corrected chi connectivity index (χ1v) is 11.4. The number of benzene rings is 1. The van der Waals surface area contributed by atoms with Crippen LogP contribution < -0.4 is 15.4 Å². The largest absolute Gasteiger partial charge is 0.477 e. The number of likely N-dealkylation sites (tertiary alicyclic amines) is 1. The third-order valence-corrected chi connectivity index (χ3v) is 6.16. The summed E-state index contributed by atoms with van der Waals surface area (Å²) in [5, 5.41) is 14.3. The molecule has 0 saturated carbocycles. The van der Waals surface area contributed by atoms with Gasteiger partial charge in [-0.25, -0.2) is 27.2 Å². The van der Waals surface area contributed by atoms with E-state index in [1.54, 1.807) is 0 Å². The van der Waals surface area contributed by atoms with Crippen LogP contribution in [-0.2, 0) is 6.61 Å². The lowest BCUT2D eigenvalue weighted by molar-refractivity contribution is 0.0692. The molecule has 3 rings (SSSR count). The monoisotopic (exact) mass is 504 g/mol. The molecule has 186 valence electrons. The lowest BCUT2D eigenvalue weighted by atomic mass is 10.1. The number of carbonyl (C=O) groups is 2. The van der Waals surface area contributed by atoms with Gasteiger partial charge in [-0.1, -0.05) is 0 Å². The van der Waals surface area contributed by atoms with Gasteiger partial charge in [0.2, 0.25) is 5.88 Å². The van der Waals surface area contributed by atoms with Crippen LogP contribution in [0.1, 0.15) is 47.2 Å². The van der Waals surface area contributed by atoms with E-state index in [-0.39, 0.29) is 5.00 Å². The van der Waals surface area contributed by atoms with Crippen molar-refractivity contribution in [2.75, 3.05) is 31.5 Å². The molecule has 1 aliphatic heterocycles. The molecule has 1 aromatic heterocycles. The molecule has 13 heteroatoms. The number of rotatable bonds is 10. The zero-order valence-electron chi connectivity index (χ0n) is 18.4. The zero-order chi connectivity index (χ0) is 24.8. The molecule has 1 saturated heterocycles. The number of nitrogens with one attached hydrogen (secondary N) is 2. The summed E-state index contributed by atoms with van der Waals surface area (Å²) in [6.07, 6.45) is 4.06. The van der Waals surface area contributed by atoms with E-state index in [0.29, 0.717) is 18.1 Å². The quantitative estimate of drug-likeness (QED) is 0.254. The number of carboxylic acid groups (broad SMARTS) is 1. The molecule has 2 amide bonds. The van der Waals surface area contributed by atoms with E-state index in [4.69, 9.17) is 4.74 Å². The summed E-state index contributed by atoms with van der Waals surface area (Å²) in [4.78, 5) is 26.1. The Morgan fingerprint density at radius 2 is 1.74 bits per heavy atom. The number of anilines is 1. The minimum atomic E-state index is -1.65. The van der Waals surface area contributed by atoms with E-state index in [9.17, 15) is 32.3 Å². The van der Waals surface area contributed by atoms with E-state index in [0.717, 1.165) is 39.4 Å². The summed E-state index contributed by atoms with van der Waals surface area (Å²) in [6.45, 7) is 3.38. The van der Waals surface area contributed by atoms with E-state index in [1.807, 2.05) is 0 Å². The predicted molar refractivity (Wildman–Crippen MR) is 116 cm³/mol. The number of ether oxygens (including phenoxy) is 1. The van der Waals surface area contributed by atoms with Gasteiger partial charge >= 0.3 is 12.0 Å². The molecule has 0 atom stereocenters. The summed E-state index contributed by atoms with van der Waals surface area (Å²) in [5.41, 5.74) is -2.43. The summed E-state index contributed by atoms with van der Waals surface area (Å²) in [5.74, 6) is -8.52. The van der Waals surface area contributed by atoms with Crippen molar-refractivity contribution in [1.82, 2.24) is 14.6 Å². The Labute approximate surface area is 197 Å². The maximum absolute atomic E-state index is 14.0. The SMILES string of the molecule is Cc1c(F)c(F)c(COc2nsc(NC(=O)NCCCCN3CCCC3)c2C(=O)O)c(F)c1F. The second kappa shape index (κ2) is 11.5. The summed E-state index contributed by atoms with van der Waals surface area (Å²) >= 11 is 0.576. The lowest BCUT2D eigenvalue weighted by Crippen LogP contribution is -2.30. The van der Waals surface area contributed by atoms with Crippen LogP contribution in [0.15, 0.2) is 0 Å². The minimum Gasteiger partial charge on any atom is -0.477 e. The number of urea groups is 1. The molecule has 0 spiro atoms. The van der Waals surface area contributed by atoms with Gasteiger partial charge in [-0.2, -0.15) is 4.37 Å². The predicted octanol–water partition coefficient (Wildman–Crippen LogP) is 4.28. The van der Waals surface area contributed by atoms with Crippen molar-refractivity contribution in [2.24, 2.45) is 0 Å². The fourth-order valence-corrected chi connectivity index (χ4v) is 4.24. The van der Waals surface area contributed by atoms with Crippen LogP contribution in [0.2, 0.25) is 0 Å². The third kappa shape index (κ3) is 5.95. The van der Waals surface area contributed by atoms with Gasteiger partial charge in [0, 0.05) is 12.1 Å². The van der Waals surface area contributed by atoms with Crippen LogP contribution in [-0.4, -0.2) is 52.6 Å². The van der Waals surface area contributed by atoms with Crippen LogP contribution >= 0.6 is 11.5 Å². The molecule has 8 nitrogen and oxygen atoms in total. The average molecular weight is 505 g/mol. The van der Waals surface area contributed by atoms with Crippen molar-refractivity contribution < 1.29 is 37.0 Å². The topological polar surface area (TPSA) is 104 Å². The number of nitrogens with zero attached hydrogens (tertiary/aromatic N) is 2. The van der Waals surface area contributed by atoms with Crippen LogP contribution in [0, 0.1) is 30.2 Å². The number of amides is 2. The normalized spacial score (nSPS) is 13.8. The first-order chi connectivity index (χ1) is 16.2. The Morgan fingerprint density at radius 1 is 1.09 bits per heavy atom. The Morgan fingerprint density at radius 3 is 2.35 bits per heavy atom. The Balaban J connectivity index is 1.58. The highest BCUT2D eigenvalue weighted by atomic mass is 32.1. The van der Waals surface area contributed by atoms with Crippen molar-refractivity contribution >= 4 is 28.5 Å². The van der Waals surface area contributed by atoms with E-state index >= 15 is 0 Å². The Bertz CT molecular complexity index is 1030. The van der Waals surface area contributed by atoms with Gasteiger partial charge < -0.3 is 20.1 Å². The summed E-state index contributed by atoms with van der Waals surface area (Å²) in [6, 6.07) is -0.654. The molecular formula is C21H24F4N4O4S. The number of carboxylic acids is 1. The first-order valence-electron chi connectivity index (χ1n) is 10.6. The smallest absolute Gasteiger partial charge is 0.344 e. The molecular weight excluding hydrogens is 480 g/mol. The van der Waals surface area contributed by atoms with Gasteiger partial charge in [0.25, 0.3) is 0 Å². The van der Waals surface area contributed by atoms with Crippen LogP contribution in [0.3, 0.4) is 0 Å². The fourth-order valence-electron chi connectivity index (χ4n) is 3.52. The van der Waals surface area contributed by atoms with Crippen molar-refractivity contribution in [2.45, 2.75) is 39.2 Å². The van der Waals surface area contributed by atoms with Gasteiger partial charge in [-0.05, 0) is 63.8 Å². The number of aromatic carboxylic acids is 1. The second-order valence-corrected chi connectivity index (χ2v) is 8.56. The summed E-state index contributed by atoms with van der Waals surface area (Å²) < 4.78 is 64.3. The molecule has 3 N–H and O–H groups in total. The highest BCUT2D eigenvalue weighted by Crippen LogP contribution is 2.32. The Kier molecular flexibility index (Phi) is 8.67. The number of halogens is 4. The third-order valence-electron chi connectivity index (χ3n) is 5.41. The fraction of sp³-hybridized carbons (Fsp3) is 0.476. The minimum absolute atomic E-state index is 0.167. The molecule has 0 bridgehead atoms. The lowest BCUT2D eigenvalue weighted by Gasteiger charge is -2.14. The average Bonchev–Trinajstić information content (AvgIpc) is 3.46. The molecule has 34 heavy (non-hydrogen) atoms. The number of aromatic nitrogens is 1. The molecule has 2 aromatic rings. The number of hydrogen-bond donors (Lipinski definition) is 3. The van der Waals surface area contributed by atoms with Gasteiger partial charge in [-0.3, -0.25) is 5.32 Å². The van der Waals surface area contributed by atoms with Gasteiger partial charge in [-0.15, -0.1) is 0 Å². The van der Waals surface area contributed by atoms with E-state index < -0.39 is 64.4 Å². The van der Waals surface area contributed by atoms with Crippen molar-refractivity contribution in [3.8, 4) is 5.88 Å². The number of carbonyl (C=O) groups excluding carboxylic acids is 1. The number of unbranched alkanes of at least 4 members (excludes halogenated alkanes) is 1. The van der Waals surface area contributed by atoms with Crippen LogP contribution in [0.4, 0.5) is 27.4 Å². The molecule has 2 heterocycles. The molecule has 1 fully saturated rings. The summed E-state index contributed by atoms with van der Waals surface area (Å²) in [7, 11) is 0. The van der Waals surface area contributed by atoms with Crippen molar-refractivity contribution in [1.29, 1.82) is 0 Å². The van der Waals surface area contributed by atoms with Gasteiger partial charge in [0.1, 0.15) is 11.6 Å². The van der Waals surface area contributed by atoms with Crippen molar-refractivity contribution in [3.63, 3.8) is 0 Å². The van der Waals surface area contributed by atoms with E-state index in [2.05, 4.69) is 19.9 Å². The second-order valence-electron chi connectivity index (χ2n) is 7.78. The molecule has 1 aliphatic rings.